The first kappa shape index (κ1) is 44.0. The number of nitrogens with zero attached hydrogens (tertiary/aromatic N) is 9. The van der Waals surface area contributed by atoms with Gasteiger partial charge in [0.2, 0.25) is 0 Å². The van der Waals surface area contributed by atoms with Gasteiger partial charge in [0.15, 0.2) is 40.6 Å². The van der Waals surface area contributed by atoms with E-state index in [4.69, 9.17) is 36.5 Å². The number of fused-ring (bicyclic) bond motifs is 6. The van der Waals surface area contributed by atoms with Gasteiger partial charge in [-0.3, -0.25) is 0 Å². The number of hydrogen-bond donors (Lipinski definition) is 0. The van der Waals surface area contributed by atoms with Gasteiger partial charge in [0.1, 0.15) is 0 Å². The molecule has 4 aromatic heterocycles. The molecule has 0 radical (unpaired) electrons. The molecule has 76 heavy (non-hydrogen) atoms. The first-order valence-electron chi connectivity index (χ1n) is 25.1. The van der Waals surface area contributed by atoms with Crippen LogP contribution in [-0.4, -0.2) is 39.0 Å². The topological polar surface area (TPSA) is 91.6 Å². The lowest BCUT2D eigenvalue weighted by Gasteiger charge is -2.20. The van der Waals surface area contributed by atoms with Crippen molar-refractivity contribution >= 4 is 49.3 Å². The Balaban J connectivity index is 1.03. The van der Waals surface area contributed by atoms with Crippen LogP contribution in [0.1, 0.15) is 0 Å². The van der Waals surface area contributed by atoms with Gasteiger partial charge in [-0.25, -0.2) is 34.7 Å². The van der Waals surface area contributed by atoms with Crippen LogP contribution in [0, 0.1) is 6.57 Å². The second kappa shape index (κ2) is 18.4. The van der Waals surface area contributed by atoms with Crippen LogP contribution in [0.4, 0.5) is 5.69 Å². The second-order valence-corrected chi connectivity index (χ2v) is 18.6. The molecule has 9 nitrogen and oxygen atoms in total. The number of para-hydroxylation sites is 3. The maximum atomic E-state index is 8.30. The zero-order valence-corrected chi connectivity index (χ0v) is 40.7. The van der Waals surface area contributed by atoms with Crippen LogP contribution in [0.25, 0.3) is 139 Å². The summed E-state index contributed by atoms with van der Waals surface area (Å²) in [6, 6.07) is 84.7. The van der Waals surface area contributed by atoms with Crippen LogP contribution >= 0.6 is 0 Å². The number of hydrogen-bond acceptors (Lipinski definition) is 6. The maximum absolute atomic E-state index is 8.30. The van der Waals surface area contributed by atoms with Crippen molar-refractivity contribution in [1.29, 1.82) is 0 Å². The molecule has 0 aliphatic rings. The Hall–Kier alpha value is -10.7. The molecule has 0 bridgehead atoms. The number of rotatable bonds is 9. The standard InChI is InChI=1S/C67H41N9/c1-68-49-36-37-53(61(42-49)76-56-31-17-14-28-50(56)51-29-15-18-32-57(51)76)55-41-48(67-73-64(45-24-10-4-11-25-45)70-65(74-67)46-26-12-5-13-27-46)35-39-60(55)75-58-33-19-16-30-52(58)54-40-47(34-38-59(54)75)66-71-62(43-20-6-2-7-21-43)69-63(72-66)44-22-8-3-9-23-44/h2-42H. The highest BCUT2D eigenvalue weighted by atomic mass is 15.1. The Kier molecular flexibility index (Phi) is 10.7. The molecule has 4 heterocycles. The van der Waals surface area contributed by atoms with Crippen LogP contribution < -0.4 is 0 Å². The predicted molar refractivity (Wildman–Crippen MR) is 306 cm³/mol. The van der Waals surface area contributed by atoms with Gasteiger partial charge in [0, 0.05) is 71.7 Å². The molecular weight excluding hydrogens is 931 g/mol. The fourth-order valence-electron chi connectivity index (χ4n) is 10.5. The summed E-state index contributed by atoms with van der Waals surface area (Å²) in [5.74, 6) is 3.46. The van der Waals surface area contributed by atoms with Gasteiger partial charge in [-0.1, -0.05) is 188 Å². The van der Waals surface area contributed by atoms with Crippen molar-refractivity contribution in [2.45, 2.75) is 0 Å². The molecule has 14 aromatic rings. The van der Waals surface area contributed by atoms with Crippen molar-refractivity contribution in [2.75, 3.05) is 0 Å². The van der Waals surface area contributed by atoms with Gasteiger partial charge >= 0.3 is 0 Å². The van der Waals surface area contributed by atoms with E-state index >= 15 is 0 Å². The summed E-state index contributed by atoms with van der Waals surface area (Å²) < 4.78 is 4.65. The third kappa shape index (κ3) is 7.65. The lowest BCUT2D eigenvalue weighted by molar-refractivity contribution is 1.07. The molecule has 0 spiro atoms. The monoisotopic (exact) mass is 971 g/mol. The van der Waals surface area contributed by atoms with Gasteiger partial charge in [0.05, 0.1) is 34.3 Å². The molecule has 0 unspecified atom stereocenters. The van der Waals surface area contributed by atoms with E-state index in [9.17, 15) is 0 Å². The van der Waals surface area contributed by atoms with Crippen LogP contribution in [0.3, 0.4) is 0 Å². The SMILES string of the molecule is [C-]#[N+]c1ccc(-c2cc(-c3nc(-c4ccccc4)nc(-c4ccccc4)n3)ccc2-n2c3ccccc3c3cc(-c4nc(-c5ccccc5)nc(-c5ccccc5)n4)ccc32)c(-n2c3ccccc3c3ccccc32)c1. The minimum absolute atomic E-state index is 0.532. The van der Waals surface area contributed by atoms with E-state index in [0.29, 0.717) is 40.6 Å². The van der Waals surface area contributed by atoms with Crippen molar-refractivity contribution in [3.63, 3.8) is 0 Å². The Morgan fingerprint density at radius 1 is 0.263 bits per heavy atom. The van der Waals surface area contributed by atoms with Gasteiger partial charge in [0.25, 0.3) is 0 Å². The van der Waals surface area contributed by atoms with E-state index in [0.717, 1.165) is 99.5 Å². The Morgan fingerprint density at radius 3 is 1.07 bits per heavy atom. The number of benzene rings is 10. The molecule has 0 N–H and O–H groups in total. The van der Waals surface area contributed by atoms with Crippen molar-refractivity contribution < 1.29 is 0 Å². The third-order valence-electron chi connectivity index (χ3n) is 14.0. The van der Waals surface area contributed by atoms with E-state index in [1.54, 1.807) is 0 Å². The van der Waals surface area contributed by atoms with Crippen LogP contribution in [0.15, 0.2) is 249 Å². The zero-order chi connectivity index (χ0) is 50.5. The van der Waals surface area contributed by atoms with Crippen LogP contribution in [0.5, 0.6) is 0 Å². The molecule has 0 atom stereocenters. The van der Waals surface area contributed by atoms with Crippen molar-refractivity contribution in [2.24, 2.45) is 0 Å². The largest absolute Gasteiger partial charge is 0.310 e. The lowest BCUT2D eigenvalue weighted by atomic mass is 9.97. The van der Waals surface area contributed by atoms with Gasteiger partial charge in [-0.05, 0) is 60.7 Å². The van der Waals surface area contributed by atoms with E-state index in [1.807, 2.05) is 133 Å². The summed E-state index contributed by atoms with van der Waals surface area (Å²) in [5.41, 5.74) is 13.5. The molecule has 0 aliphatic heterocycles. The average Bonchev–Trinajstić information content (AvgIpc) is 4.02. The smallest absolute Gasteiger partial charge is 0.189 e. The molecule has 10 aromatic carbocycles. The van der Waals surface area contributed by atoms with Crippen molar-refractivity contribution in [3.8, 4) is 90.8 Å². The molecule has 0 aliphatic carbocycles. The quantitative estimate of drug-likeness (QED) is 0.134. The van der Waals surface area contributed by atoms with Crippen LogP contribution in [0.2, 0.25) is 0 Å². The van der Waals surface area contributed by atoms with E-state index < -0.39 is 0 Å². The fraction of sp³-hybridized carbons (Fsp3) is 0. The first-order chi connectivity index (χ1) is 37.6. The summed E-state index contributed by atoms with van der Waals surface area (Å²) in [7, 11) is 0. The summed E-state index contributed by atoms with van der Waals surface area (Å²) in [6.45, 7) is 8.30. The normalized spacial score (nSPS) is 11.4. The summed E-state index contributed by atoms with van der Waals surface area (Å²) in [4.78, 5) is 34.7. The second-order valence-electron chi connectivity index (χ2n) is 18.6. The molecular formula is C67H41N9. The summed E-state index contributed by atoms with van der Waals surface area (Å²) in [5, 5.41) is 4.36. The third-order valence-corrected chi connectivity index (χ3v) is 14.0. The minimum Gasteiger partial charge on any atom is -0.310 e. The van der Waals surface area contributed by atoms with Gasteiger partial charge in [-0.15, -0.1) is 0 Å². The fourth-order valence-corrected chi connectivity index (χ4v) is 10.5. The predicted octanol–water partition coefficient (Wildman–Crippen LogP) is 16.5. The summed E-state index contributed by atoms with van der Waals surface area (Å²) in [6.07, 6.45) is 0. The van der Waals surface area contributed by atoms with Gasteiger partial charge < -0.3 is 9.13 Å². The lowest BCUT2D eigenvalue weighted by Crippen LogP contribution is -2.03. The zero-order valence-electron chi connectivity index (χ0n) is 40.7. The van der Waals surface area contributed by atoms with Crippen molar-refractivity contribution in [3.05, 3.63) is 260 Å². The molecule has 0 amide bonds. The summed E-state index contributed by atoms with van der Waals surface area (Å²) >= 11 is 0. The van der Waals surface area contributed by atoms with Crippen molar-refractivity contribution in [1.82, 2.24) is 39.0 Å². The molecule has 0 saturated carbocycles. The average molecular weight is 972 g/mol. The Morgan fingerprint density at radius 2 is 0.618 bits per heavy atom. The molecule has 14 rings (SSSR count). The maximum Gasteiger partial charge on any atom is 0.189 e. The van der Waals surface area contributed by atoms with Gasteiger partial charge in [-0.2, -0.15) is 0 Å². The molecule has 9 heteroatoms. The Labute approximate surface area is 437 Å². The van der Waals surface area contributed by atoms with E-state index in [2.05, 4.69) is 129 Å². The minimum atomic E-state index is 0.532. The molecule has 0 saturated heterocycles. The first-order valence-corrected chi connectivity index (χ1v) is 25.1. The highest BCUT2D eigenvalue weighted by Gasteiger charge is 2.24. The highest BCUT2D eigenvalue weighted by Crippen LogP contribution is 2.44. The molecule has 0 fully saturated rings. The molecule has 354 valence electrons. The van der Waals surface area contributed by atoms with Crippen LogP contribution in [-0.2, 0) is 0 Å². The number of aromatic nitrogens is 8. The van der Waals surface area contributed by atoms with E-state index in [1.165, 1.54) is 0 Å². The Bertz CT molecular complexity index is 4410. The highest BCUT2D eigenvalue weighted by molar-refractivity contribution is 6.12. The van der Waals surface area contributed by atoms with E-state index in [-0.39, 0.29) is 0 Å².